The average molecular weight is 406 g/mol. The third kappa shape index (κ3) is 6.50. The summed E-state index contributed by atoms with van der Waals surface area (Å²) < 4.78 is 77.4. The second kappa shape index (κ2) is 8.93. The van der Waals surface area contributed by atoms with Gasteiger partial charge in [-0.1, -0.05) is 30.3 Å². The van der Waals surface area contributed by atoms with Crippen LogP contribution in [0, 0.1) is 0 Å². The molecule has 2 aromatic carbocycles. The van der Waals surface area contributed by atoms with Gasteiger partial charge in [-0.2, -0.15) is 31.4 Å². The summed E-state index contributed by atoms with van der Waals surface area (Å²) in [4.78, 5) is 0. The molecule has 3 nitrogen and oxygen atoms in total. The Balaban J connectivity index is 2.04. The molecule has 0 radical (unpaired) electrons. The summed E-state index contributed by atoms with van der Waals surface area (Å²) in [5, 5.41) is 13.9. The van der Waals surface area contributed by atoms with Crippen LogP contribution in [-0.4, -0.2) is 22.9 Å². The zero-order valence-electron chi connectivity index (χ0n) is 15.0. The lowest BCUT2D eigenvalue weighted by Crippen LogP contribution is -2.37. The minimum absolute atomic E-state index is 0.0655. The van der Waals surface area contributed by atoms with Crippen LogP contribution in [0.15, 0.2) is 48.5 Å². The van der Waals surface area contributed by atoms with Gasteiger partial charge in [0.05, 0.1) is 11.1 Å². The van der Waals surface area contributed by atoms with Crippen LogP contribution in [0.4, 0.5) is 26.3 Å². The van der Waals surface area contributed by atoms with Crippen LogP contribution in [0.5, 0.6) is 0 Å². The van der Waals surface area contributed by atoms with Crippen molar-refractivity contribution in [2.24, 2.45) is 0 Å². The number of benzene rings is 2. The summed E-state index contributed by atoms with van der Waals surface area (Å²) in [7, 11) is 0. The lowest BCUT2D eigenvalue weighted by atomic mass is 10.0. The number of rotatable bonds is 7. The van der Waals surface area contributed by atoms with E-state index >= 15 is 0 Å². The number of halogens is 6. The van der Waals surface area contributed by atoms with Crippen LogP contribution >= 0.6 is 0 Å². The molecule has 0 heterocycles. The topological polar surface area (TPSA) is 35.5 Å². The van der Waals surface area contributed by atoms with E-state index in [1.54, 1.807) is 6.92 Å². The van der Waals surface area contributed by atoms with E-state index in [1.165, 1.54) is 0 Å². The number of nitrogens with one attached hydrogen (secondary N) is 1. The number of hydrogen-bond donors (Lipinski definition) is 2. The van der Waals surface area contributed by atoms with Gasteiger partial charge in [0, 0.05) is 25.7 Å². The van der Waals surface area contributed by atoms with Crippen molar-refractivity contribution >= 4 is 0 Å². The molecule has 9 heteroatoms. The Morgan fingerprint density at radius 1 is 0.893 bits per heavy atom. The van der Waals surface area contributed by atoms with Crippen molar-refractivity contribution in [1.82, 2.24) is 10.4 Å². The molecule has 1 atom stereocenters. The van der Waals surface area contributed by atoms with Gasteiger partial charge in [0.1, 0.15) is 0 Å². The quantitative estimate of drug-likeness (QED) is 0.497. The van der Waals surface area contributed by atoms with Crippen molar-refractivity contribution in [3.8, 4) is 0 Å². The highest BCUT2D eigenvalue weighted by Crippen LogP contribution is 2.36. The molecule has 0 bridgehead atoms. The minimum atomic E-state index is -4.92. The van der Waals surface area contributed by atoms with Crippen molar-refractivity contribution in [3.63, 3.8) is 0 Å². The monoisotopic (exact) mass is 406 g/mol. The Hall–Kier alpha value is -2.10. The molecule has 1 unspecified atom stereocenters. The highest BCUT2D eigenvalue weighted by atomic mass is 19.4. The molecule has 0 aliphatic carbocycles. The lowest BCUT2D eigenvalue weighted by molar-refractivity contribution is -0.144. The lowest BCUT2D eigenvalue weighted by Gasteiger charge is -2.24. The number of hydrogen-bond acceptors (Lipinski definition) is 3. The first-order valence-electron chi connectivity index (χ1n) is 8.45. The third-order valence-corrected chi connectivity index (χ3v) is 4.11. The van der Waals surface area contributed by atoms with Gasteiger partial charge in [0.2, 0.25) is 0 Å². The maximum Gasteiger partial charge on any atom is 0.416 e. The second-order valence-corrected chi connectivity index (χ2v) is 6.48. The molecule has 0 aliphatic heterocycles. The SMILES string of the molecule is CC(CNCc1ccccc1)N(O)Cc1cc(C(F)(F)F)cc(C(F)(F)F)c1. The smallest absolute Gasteiger partial charge is 0.313 e. The molecule has 0 fully saturated rings. The number of hydroxylamine groups is 2. The zero-order chi connectivity index (χ0) is 20.9. The van der Waals surface area contributed by atoms with Crippen molar-refractivity contribution in [2.75, 3.05) is 6.54 Å². The summed E-state index contributed by atoms with van der Waals surface area (Å²) in [5.41, 5.74) is -2.08. The first-order chi connectivity index (χ1) is 13.0. The Morgan fingerprint density at radius 2 is 1.43 bits per heavy atom. The standard InChI is InChI=1S/C19H20F6N2O/c1-13(10-26-11-14-5-3-2-4-6-14)27(28)12-15-7-16(18(20,21)22)9-17(8-15)19(23,24)25/h2-9,13,26,28H,10-12H2,1H3. The Bertz CT molecular complexity index is 729. The van der Waals surface area contributed by atoms with Gasteiger partial charge in [-0.05, 0) is 36.2 Å². The van der Waals surface area contributed by atoms with Crippen molar-refractivity contribution in [3.05, 3.63) is 70.8 Å². The van der Waals surface area contributed by atoms with Crippen LogP contribution in [0.3, 0.4) is 0 Å². The molecule has 0 spiro atoms. The fourth-order valence-corrected chi connectivity index (χ4v) is 2.58. The van der Waals surface area contributed by atoms with Gasteiger partial charge in [-0.25, -0.2) is 0 Å². The summed E-state index contributed by atoms with van der Waals surface area (Å²) in [6.07, 6.45) is -9.84. The molecular formula is C19H20F6N2O. The molecule has 28 heavy (non-hydrogen) atoms. The number of alkyl halides is 6. The van der Waals surface area contributed by atoms with Crippen LogP contribution in [0.1, 0.15) is 29.2 Å². The second-order valence-electron chi connectivity index (χ2n) is 6.48. The first-order valence-corrected chi connectivity index (χ1v) is 8.45. The summed E-state index contributed by atoms with van der Waals surface area (Å²) >= 11 is 0. The van der Waals surface area contributed by atoms with Crippen molar-refractivity contribution in [2.45, 2.75) is 38.4 Å². The van der Waals surface area contributed by atoms with Crippen LogP contribution in [0.25, 0.3) is 0 Å². The highest BCUT2D eigenvalue weighted by molar-refractivity contribution is 5.33. The van der Waals surface area contributed by atoms with Gasteiger partial charge in [0.25, 0.3) is 0 Å². The summed E-state index contributed by atoms with van der Waals surface area (Å²) in [6.45, 7) is 1.94. The molecule has 2 N–H and O–H groups in total. The number of nitrogens with zero attached hydrogens (tertiary/aromatic N) is 1. The minimum Gasteiger partial charge on any atom is -0.313 e. The molecule has 0 aromatic heterocycles. The first kappa shape index (κ1) is 22.2. The zero-order valence-corrected chi connectivity index (χ0v) is 15.0. The molecule has 2 rings (SSSR count). The average Bonchev–Trinajstić information content (AvgIpc) is 2.60. The highest BCUT2D eigenvalue weighted by Gasteiger charge is 2.37. The van der Waals surface area contributed by atoms with Gasteiger partial charge in [-0.15, -0.1) is 0 Å². The Labute approximate surface area is 158 Å². The largest absolute Gasteiger partial charge is 0.416 e. The molecule has 154 valence electrons. The molecule has 0 saturated heterocycles. The van der Waals surface area contributed by atoms with E-state index in [0.717, 1.165) is 5.56 Å². The van der Waals surface area contributed by atoms with Crippen LogP contribution in [-0.2, 0) is 25.4 Å². The molecule has 2 aromatic rings. The van der Waals surface area contributed by atoms with Crippen LogP contribution < -0.4 is 5.32 Å². The molecular weight excluding hydrogens is 386 g/mol. The maximum absolute atomic E-state index is 12.9. The predicted molar refractivity (Wildman–Crippen MR) is 91.4 cm³/mol. The molecule has 0 amide bonds. The van der Waals surface area contributed by atoms with Crippen LogP contribution in [0.2, 0.25) is 0 Å². The fourth-order valence-electron chi connectivity index (χ4n) is 2.58. The summed E-state index contributed by atoms with van der Waals surface area (Å²) in [5.74, 6) is 0. The van der Waals surface area contributed by atoms with E-state index < -0.39 is 36.1 Å². The van der Waals surface area contributed by atoms with Gasteiger partial charge >= 0.3 is 12.4 Å². The van der Waals surface area contributed by atoms with Crippen molar-refractivity contribution < 1.29 is 31.5 Å². The maximum atomic E-state index is 12.9. The molecule has 0 aliphatic rings. The van der Waals surface area contributed by atoms with E-state index in [2.05, 4.69) is 5.32 Å². The van der Waals surface area contributed by atoms with E-state index in [0.29, 0.717) is 23.7 Å². The van der Waals surface area contributed by atoms with Gasteiger partial charge in [-0.3, -0.25) is 0 Å². The van der Waals surface area contributed by atoms with Crippen molar-refractivity contribution in [1.29, 1.82) is 0 Å². The normalized spacial score (nSPS) is 13.8. The summed E-state index contributed by atoms with van der Waals surface area (Å²) in [6, 6.07) is 10.2. The van der Waals surface area contributed by atoms with Gasteiger partial charge < -0.3 is 10.5 Å². The van der Waals surface area contributed by atoms with E-state index in [1.807, 2.05) is 30.3 Å². The van der Waals surface area contributed by atoms with Gasteiger partial charge in [0.15, 0.2) is 0 Å². The molecule has 0 saturated carbocycles. The fraction of sp³-hybridized carbons (Fsp3) is 0.368. The van der Waals surface area contributed by atoms with E-state index in [-0.39, 0.29) is 18.2 Å². The Morgan fingerprint density at radius 3 is 1.93 bits per heavy atom. The predicted octanol–water partition coefficient (Wildman–Crippen LogP) is 5.09. The Kier molecular flexibility index (Phi) is 7.08. The third-order valence-electron chi connectivity index (χ3n) is 4.11. The van der Waals surface area contributed by atoms with E-state index in [4.69, 9.17) is 0 Å². The van der Waals surface area contributed by atoms with E-state index in [9.17, 15) is 31.5 Å².